The lowest BCUT2D eigenvalue weighted by molar-refractivity contribution is -0.136. The quantitative estimate of drug-likeness (QED) is 0.784. The number of methoxy groups -OCH3 is 1. The van der Waals surface area contributed by atoms with Crippen molar-refractivity contribution in [1.82, 2.24) is 4.90 Å². The van der Waals surface area contributed by atoms with E-state index in [-0.39, 0.29) is 18.3 Å². The van der Waals surface area contributed by atoms with Gasteiger partial charge in [-0.25, -0.2) is 4.39 Å². The summed E-state index contributed by atoms with van der Waals surface area (Å²) in [5.41, 5.74) is 9.34. The van der Waals surface area contributed by atoms with Gasteiger partial charge in [-0.05, 0) is 41.5 Å². The zero-order valence-corrected chi connectivity index (χ0v) is 14.8. The lowest BCUT2D eigenvalue weighted by atomic mass is 10.1. The fourth-order valence-corrected chi connectivity index (χ4v) is 2.63. The molecule has 2 N–H and O–H groups in total. The van der Waals surface area contributed by atoms with Crippen molar-refractivity contribution in [2.24, 2.45) is 0 Å². The Kier molecular flexibility index (Phi) is 6.36. The van der Waals surface area contributed by atoms with Crippen molar-refractivity contribution < 1.29 is 13.9 Å². The maximum absolute atomic E-state index is 13.1. The summed E-state index contributed by atoms with van der Waals surface area (Å²) in [6.07, 6.45) is 0. The van der Waals surface area contributed by atoms with E-state index < -0.39 is 0 Å². The zero-order chi connectivity index (χ0) is 18.4. The minimum Gasteiger partial charge on any atom is -0.399 e. The molecule has 0 spiro atoms. The molecule has 6 heteroatoms. The smallest absolute Gasteiger partial charge is 0.249 e. The SMILES string of the molecule is COCC(=O)N(Cc1ccc(F)cc1)Cc1cc(N)ccc1N(C)C. The molecule has 0 bridgehead atoms. The number of amides is 1. The number of rotatable bonds is 7. The average molecular weight is 345 g/mol. The number of carbonyl (C=O) groups excluding carboxylic acids is 1. The summed E-state index contributed by atoms with van der Waals surface area (Å²) >= 11 is 0. The second-order valence-electron chi connectivity index (χ2n) is 6.09. The van der Waals surface area contributed by atoms with Crippen LogP contribution in [0.25, 0.3) is 0 Å². The molecule has 0 atom stereocenters. The van der Waals surface area contributed by atoms with Gasteiger partial charge in [-0.1, -0.05) is 12.1 Å². The van der Waals surface area contributed by atoms with Gasteiger partial charge in [0.1, 0.15) is 12.4 Å². The van der Waals surface area contributed by atoms with Crippen molar-refractivity contribution in [3.8, 4) is 0 Å². The number of hydrogen-bond acceptors (Lipinski definition) is 4. The topological polar surface area (TPSA) is 58.8 Å². The molecule has 134 valence electrons. The van der Waals surface area contributed by atoms with Gasteiger partial charge >= 0.3 is 0 Å². The Morgan fingerprint density at radius 2 is 1.80 bits per heavy atom. The number of nitrogens with two attached hydrogens (primary N) is 1. The molecule has 2 aromatic rings. The average Bonchev–Trinajstić information content (AvgIpc) is 2.56. The van der Waals surface area contributed by atoms with E-state index in [1.807, 2.05) is 37.2 Å². The van der Waals surface area contributed by atoms with Gasteiger partial charge in [-0.2, -0.15) is 0 Å². The van der Waals surface area contributed by atoms with Crippen LogP contribution in [0.1, 0.15) is 11.1 Å². The Balaban J connectivity index is 2.28. The Morgan fingerprint density at radius 1 is 1.12 bits per heavy atom. The molecule has 5 nitrogen and oxygen atoms in total. The van der Waals surface area contributed by atoms with E-state index in [9.17, 15) is 9.18 Å². The lowest BCUT2D eigenvalue weighted by Gasteiger charge is -2.26. The molecule has 2 rings (SSSR count). The number of nitrogen functional groups attached to an aromatic ring is 1. The van der Waals surface area contributed by atoms with Gasteiger partial charge in [0.05, 0.1) is 0 Å². The molecule has 0 fully saturated rings. The molecule has 0 saturated carbocycles. The maximum atomic E-state index is 13.1. The lowest BCUT2D eigenvalue weighted by Crippen LogP contribution is -2.33. The third-order valence-corrected chi connectivity index (χ3v) is 3.85. The Morgan fingerprint density at radius 3 is 2.40 bits per heavy atom. The van der Waals surface area contributed by atoms with E-state index in [1.165, 1.54) is 19.2 Å². The molecule has 0 aliphatic rings. The minimum absolute atomic E-state index is 0.0131. The van der Waals surface area contributed by atoms with Crippen molar-refractivity contribution >= 4 is 17.3 Å². The molecule has 0 aliphatic heterocycles. The summed E-state index contributed by atoms with van der Waals surface area (Å²) < 4.78 is 18.1. The van der Waals surface area contributed by atoms with Crippen LogP contribution >= 0.6 is 0 Å². The molecule has 25 heavy (non-hydrogen) atoms. The molecule has 0 heterocycles. The van der Waals surface area contributed by atoms with Crippen LogP contribution in [-0.4, -0.2) is 38.6 Å². The van der Waals surface area contributed by atoms with Crippen LogP contribution in [0.2, 0.25) is 0 Å². The first-order chi connectivity index (χ1) is 11.9. The Hall–Kier alpha value is -2.60. The first kappa shape index (κ1) is 18.7. The monoisotopic (exact) mass is 345 g/mol. The van der Waals surface area contributed by atoms with Crippen LogP contribution in [0, 0.1) is 5.82 Å². The number of anilines is 2. The highest BCUT2D eigenvalue weighted by Crippen LogP contribution is 2.24. The normalized spacial score (nSPS) is 10.6. The van der Waals surface area contributed by atoms with Crippen LogP contribution in [0.3, 0.4) is 0 Å². The summed E-state index contributed by atoms with van der Waals surface area (Å²) in [6.45, 7) is 0.739. The van der Waals surface area contributed by atoms with Gasteiger partial charge in [-0.3, -0.25) is 4.79 Å². The molecule has 0 radical (unpaired) electrons. The standard InChI is InChI=1S/C19H24FN3O2/c1-22(2)18-9-8-17(21)10-15(18)12-23(19(24)13-25-3)11-14-4-6-16(20)7-5-14/h4-10H,11-13,21H2,1-3H3. The van der Waals surface area contributed by atoms with E-state index >= 15 is 0 Å². The van der Waals surface area contributed by atoms with Crippen LogP contribution in [0.4, 0.5) is 15.8 Å². The van der Waals surface area contributed by atoms with Crippen LogP contribution < -0.4 is 10.6 Å². The minimum atomic E-state index is -0.302. The largest absolute Gasteiger partial charge is 0.399 e. The molecule has 2 aromatic carbocycles. The Bertz CT molecular complexity index is 717. The molecule has 1 amide bonds. The number of halogens is 1. The van der Waals surface area contributed by atoms with Crippen molar-refractivity contribution in [3.05, 3.63) is 59.4 Å². The van der Waals surface area contributed by atoms with E-state index in [0.717, 1.165) is 16.8 Å². The number of nitrogens with zero attached hydrogens (tertiary/aromatic N) is 2. The Labute approximate surface area is 147 Å². The van der Waals surface area contributed by atoms with Crippen LogP contribution in [-0.2, 0) is 22.6 Å². The molecule has 0 saturated heterocycles. The first-order valence-electron chi connectivity index (χ1n) is 7.97. The van der Waals surface area contributed by atoms with Gasteiger partial charge in [0.2, 0.25) is 5.91 Å². The van der Waals surface area contributed by atoms with E-state index in [1.54, 1.807) is 17.0 Å². The molecule has 0 unspecified atom stereocenters. The van der Waals surface area contributed by atoms with Gasteiger partial charge in [0.25, 0.3) is 0 Å². The second kappa shape index (κ2) is 8.48. The third-order valence-electron chi connectivity index (χ3n) is 3.85. The number of hydrogen-bond donors (Lipinski definition) is 1. The number of benzene rings is 2. The van der Waals surface area contributed by atoms with E-state index in [0.29, 0.717) is 18.8 Å². The predicted octanol–water partition coefficient (Wildman–Crippen LogP) is 2.65. The third kappa shape index (κ3) is 5.19. The van der Waals surface area contributed by atoms with Crippen molar-refractivity contribution in [2.45, 2.75) is 13.1 Å². The first-order valence-corrected chi connectivity index (χ1v) is 7.97. The summed E-state index contributed by atoms with van der Waals surface area (Å²) in [5, 5.41) is 0. The molecule has 0 aromatic heterocycles. The summed E-state index contributed by atoms with van der Waals surface area (Å²) in [4.78, 5) is 16.1. The fourth-order valence-electron chi connectivity index (χ4n) is 2.63. The zero-order valence-electron chi connectivity index (χ0n) is 14.8. The van der Waals surface area contributed by atoms with Crippen molar-refractivity contribution in [1.29, 1.82) is 0 Å². The highest BCUT2D eigenvalue weighted by atomic mass is 19.1. The highest BCUT2D eigenvalue weighted by molar-refractivity contribution is 5.77. The predicted molar refractivity (Wildman–Crippen MR) is 97.7 cm³/mol. The molecular formula is C19H24FN3O2. The van der Waals surface area contributed by atoms with Crippen LogP contribution in [0.5, 0.6) is 0 Å². The van der Waals surface area contributed by atoms with Gasteiger partial charge in [-0.15, -0.1) is 0 Å². The summed E-state index contributed by atoms with van der Waals surface area (Å²) in [5.74, 6) is -0.441. The van der Waals surface area contributed by atoms with Gasteiger partial charge in [0, 0.05) is 45.7 Å². The highest BCUT2D eigenvalue weighted by Gasteiger charge is 2.17. The van der Waals surface area contributed by atoms with E-state index in [4.69, 9.17) is 10.5 Å². The van der Waals surface area contributed by atoms with Crippen molar-refractivity contribution in [2.75, 3.05) is 38.4 Å². The van der Waals surface area contributed by atoms with Crippen molar-refractivity contribution in [3.63, 3.8) is 0 Å². The molecule has 0 aliphatic carbocycles. The van der Waals surface area contributed by atoms with E-state index in [2.05, 4.69) is 0 Å². The fraction of sp³-hybridized carbons (Fsp3) is 0.316. The van der Waals surface area contributed by atoms with Gasteiger partial charge < -0.3 is 20.3 Å². The summed E-state index contributed by atoms with van der Waals surface area (Å²) in [7, 11) is 5.37. The maximum Gasteiger partial charge on any atom is 0.249 e. The number of ether oxygens (including phenoxy) is 1. The number of carbonyl (C=O) groups is 1. The van der Waals surface area contributed by atoms with Crippen LogP contribution in [0.15, 0.2) is 42.5 Å². The van der Waals surface area contributed by atoms with Gasteiger partial charge in [0.15, 0.2) is 0 Å². The summed E-state index contributed by atoms with van der Waals surface area (Å²) in [6, 6.07) is 11.8. The second-order valence-corrected chi connectivity index (χ2v) is 6.09. The molecular weight excluding hydrogens is 321 g/mol.